The van der Waals surface area contributed by atoms with Crippen LogP contribution in [0.5, 0.6) is 0 Å². The van der Waals surface area contributed by atoms with E-state index in [1.165, 1.54) is 11.1 Å². The summed E-state index contributed by atoms with van der Waals surface area (Å²) < 4.78 is 5.42. The average Bonchev–Trinajstić information content (AvgIpc) is 3.31. The molecule has 1 unspecified atom stereocenters. The van der Waals surface area contributed by atoms with Gasteiger partial charge in [-0.1, -0.05) is 54.1 Å². The van der Waals surface area contributed by atoms with Gasteiger partial charge in [-0.15, -0.1) is 0 Å². The van der Waals surface area contributed by atoms with E-state index >= 15 is 0 Å². The van der Waals surface area contributed by atoms with Gasteiger partial charge >= 0.3 is 0 Å². The number of hydrogen-bond donors (Lipinski definition) is 4. The van der Waals surface area contributed by atoms with E-state index in [9.17, 15) is 9.59 Å². The number of anilines is 1. The standard InChI is InChI=1S/C31H34ClN7O3/c1-20(24(14-33)16-34-15-21-5-3-2-4-6-21)36-28(40)19-39-18-23-8-7-22(13-26(23)30(39)41)29-27(32)17-35-31(38-29)37-25-9-11-42-12-10-25/h2-8,13-14,16-17,20,25,33-34H,9-12,15,18-19H2,1H3,(H,36,40)(H,35,37,38)/b24-16+,33-14?. The second kappa shape index (κ2) is 13.6. The summed E-state index contributed by atoms with van der Waals surface area (Å²) in [5.41, 5.74) is 4.32. The normalized spacial score (nSPS) is 16.1. The largest absolute Gasteiger partial charge is 0.386 e. The van der Waals surface area contributed by atoms with Crippen molar-refractivity contribution >= 4 is 35.6 Å². The van der Waals surface area contributed by atoms with Gasteiger partial charge in [-0.25, -0.2) is 9.97 Å². The highest BCUT2D eigenvalue weighted by Crippen LogP contribution is 2.31. The minimum absolute atomic E-state index is 0.0939. The molecule has 1 aromatic heterocycles. The van der Waals surface area contributed by atoms with Crippen molar-refractivity contribution in [2.24, 2.45) is 0 Å². The minimum Gasteiger partial charge on any atom is -0.386 e. The molecule has 4 N–H and O–H groups in total. The molecule has 1 saturated heterocycles. The maximum atomic E-state index is 13.3. The number of halogens is 1. The Bertz CT molecular complexity index is 1470. The molecule has 3 heterocycles. The first-order chi connectivity index (χ1) is 20.4. The molecule has 3 aromatic rings. The zero-order valence-corrected chi connectivity index (χ0v) is 24.2. The van der Waals surface area contributed by atoms with Crippen molar-refractivity contribution in [3.63, 3.8) is 0 Å². The predicted molar refractivity (Wildman–Crippen MR) is 162 cm³/mol. The van der Waals surface area contributed by atoms with Crippen LogP contribution in [0.3, 0.4) is 0 Å². The molecule has 2 amide bonds. The minimum atomic E-state index is -0.409. The highest BCUT2D eigenvalue weighted by molar-refractivity contribution is 6.33. The van der Waals surface area contributed by atoms with E-state index in [1.54, 1.807) is 18.5 Å². The van der Waals surface area contributed by atoms with Crippen LogP contribution in [0.1, 0.15) is 41.3 Å². The number of rotatable bonds is 11. The van der Waals surface area contributed by atoms with Crippen molar-refractivity contribution in [1.82, 2.24) is 25.5 Å². The monoisotopic (exact) mass is 587 g/mol. The number of hydrogen-bond acceptors (Lipinski definition) is 8. The lowest BCUT2D eigenvalue weighted by Gasteiger charge is -2.23. The lowest BCUT2D eigenvalue weighted by atomic mass is 10.0. The molecule has 218 valence electrons. The quantitative estimate of drug-likeness (QED) is 0.248. The zero-order chi connectivity index (χ0) is 29.5. The molecule has 0 spiro atoms. The first-order valence-electron chi connectivity index (χ1n) is 14.0. The molecular weight excluding hydrogens is 554 g/mol. The van der Waals surface area contributed by atoms with Crippen LogP contribution < -0.4 is 16.0 Å². The summed E-state index contributed by atoms with van der Waals surface area (Å²) in [5.74, 6) is -0.0516. The van der Waals surface area contributed by atoms with Crippen molar-refractivity contribution < 1.29 is 14.3 Å². The van der Waals surface area contributed by atoms with Gasteiger partial charge < -0.3 is 31.0 Å². The van der Waals surface area contributed by atoms with E-state index < -0.39 is 6.04 Å². The molecule has 0 saturated carbocycles. The number of benzene rings is 2. The zero-order valence-electron chi connectivity index (χ0n) is 23.4. The van der Waals surface area contributed by atoms with E-state index in [0.717, 1.165) is 24.0 Å². The average molecular weight is 588 g/mol. The summed E-state index contributed by atoms with van der Waals surface area (Å²) in [6, 6.07) is 15.3. The molecule has 2 aromatic carbocycles. The van der Waals surface area contributed by atoms with E-state index in [-0.39, 0.29) is 24.4 Å². The Balaban J connectivity index is 1.20. The maximum absolute atomic E-state index is 13.3. The lowest BCUT2D eigenvalue weighted by Crippen LogP contribution is -2.42. The van der Waals surface area contributed by atoms with Gasteiger partial charge in [-0.05, 0) is 37.0 Å². The molecule has 1 atom stereocenters. The lowest BCUT2D eigenvalue weighted by molar-refractivity contribution is -0.122. The van der Waals surface area contributed by atoms with Crippen molar-refractivity contribution in [3.05, 3.63) is 88.2 Å². The van der Waals surface area contributed by atoms with Gasteiger partial charge in [-0.3, -0.25) is 9.59 Å². The van der Waals surface area contributed by atoms with Crippen LogP contribution in [0.4, 0.5) is 5.95 Å². The van der Waals surface area contributed by atoms with Gasteiger partial charge in [0.2, 0.25) is 11.9 Å². The van der Waals surface area contributed by atoms with Crippen LogP contribution in [0, 0.1) is 5.41 Å². The Labute approximate surface area is 250 Å². The summed E-state index contributed by atoms with van der Waals surface area (Å²) >= 11 is 6.46. The molecule has 10 nitrogen and oxygen atoms in total. The van der Waals surface area contributed by atoms with Gasteiger partial charge in [0.15, 0.2) is 0 Å². The van der Waals surface area contributed by atoms with Crippen LogP contribution in [-0.2, 0) is 22.6 Å². The van der Waals surface area contributed by atoms with Gasteiger partial charge in [0.1, 0.15) is 6.54 Å². The number of ether oxygens (including phenoxy) is 1. The van der Waals surface area contributed by atoms with Crippen LogP contribution in [0.25, 0.3) is 11.3 Å². The Morgan fingerprint density at radius 1 is 1.21 bits per heavy atom. The van der Waals surface area contributed by atoms with Crippen molar-refractivity contribution in [2.45, 2.75) is 44.9 Å². The smallest absolute Gasteiger partial charge is 0.254 e. The predicted octanol–water partition coefficient (Wildman–Crippen LogP) is 4.17. The fourth-order valence-corrected chi connectivity index (χ4v) is 5.22. The second-order valence-corrected chi connectivity index (χ2v) is 10.8. The van der Waals surface area contributed by atoms with Crippen molar-refractivity contribution in [2.75, 3.05) is 25.1 Å². The fraction of sp³-hybridized carbons (Fsp3) is 0.323. The van der Waals surface area contributed by atoms with Gasteiger partial charge in [0, 0.05) is 61.5 Å². The summed E-state index contributed by atoms with van der Waals surface area (Å²) in [7, 11) is 0. The first-order valence-corrected chi connectivity index (χ1v) is 14.4. The molecule has 0 aliphatic carbocycles. The molecule has 5 rings (SSSR count). The molecule has 0 radical (unpaired) electrons. The molecule has 11 heteroatoms. The number of carbonyl (C=O) groups is 2. The van der Waals surface area contributed by atoms with Crippen LogP contribution >= 0.6 is 11.6 Å². The Morgan fingerprint density at radius 2 is 2.00 bits per heavy atom. The van der Waals surface area contributed by atoms with E-state index in [2.05, 4.69) is 25.9 Å². The van der Waals surface area contributed by atoms with Crippen molar-refractivity contribution in [3.8, 4) is 11.3 Å². The summed E-state index contributed by atoms with van der Waals surface area (Å²) in [4.78, 5) is 36.6. The Hall–Kier alpha value is -4.28. The molecule has 2 aliphatic heterocycles. The Kier molecular flexibility index (Phi) is 9.45. The first kappa shape index (κ1) is 29.2. The molecular formula is C31H34ClN7O3. The third-order valence-electron chi connectivity index (χ3n) is 7.36. The SMILES string of the molecule is CC(NC(=O)CN1Cc2ccc(-c3nc(NC4CCOCC4)ncc3Cl)cc2C1=O)/C(C=N)=C/NCc1ccccc1. The molecule has 2 aliphatic rings. The number of nitrogens with zero attached hydrogens (tertiary/aromatic N) is 3. The molecule has 1 fully saturated rings. The van der Waals surface area contributed by atoms with Crippen LogP contribution in [0.2, 0.25) is 5.02 Å². The van der Waals surface area contributed by atoms with Gasteiger partial charge in [0.25, 0.3) is 5.91 Å². The number of aromatic nitrogens is 2. The summed E-state index contributed by atoms with van der Waals surface area (Å²) in [6.07, 6.45) is 6.25. The molecule has 42 heavy (non-hydrogen) atoms. The second-order valence-electron chi connectivity index (χ2n) is 10.4. The number of amides is 2. The van der Waals surface area contributed by atoms with Crippen LogP contribution in [0.15, 0.2) is 66.5 Å². The Morgan fingerprint density at radius 3 is 2.76 bits per heavy atom. The summed E-state index contributed by atoms with van der Waals surface area (Å²) in [6.45, 7) is 4.05. The van der Waals surface area contributed by atoms with Crippen LogP contribution in [-0.4, -0.2) is 64.7 Å². The number of carbonyl (C=O) groups excluding carboxylic acids is 2. The maximum Gasteiger partial charge on any atom is 0.254 e. The van der Waals surface area contributed by atoms with E-state index in [0.29, 0.717) is 59.7 Å². The number of fused-ring (bicyclic) bond motifs is 1. The van der Waals surface area contributed by atoms with Gasteiger partial charge in [0.05, 0.1) is 23.0 Å². The van der Waals surface area contributed by atoms with E-state index in [1.807, 2.05) is 49.4 Å². The number of nitrogens with one attached hydrogen (secondary N) is 4. The topological polar surface area (TPSA) is 132 Å². The highest BCUT2D eigenvalue weighted by Gasteiger charge is 2.30. The highest BCUT2D eigenvalue weighted by atomic mass is 35.5. The van der Waals surface area contributed by atoms with E-state index in [4.69, 9.17) is 21.7 Å². The van der Waals surface area contributed by atoms with Gasteiger partial charge in [-0.2, -0.15) is 0 Å². The third-order valence-corrected chi connectivity index (χ3v) is 7.63. The third kappa shape index (κ3) is 7.13. The fourth-order valence-electron chi connectivity index (χ4n) is 5.02. The summed E-state index contributed by atoms with van der Waals surface area (Å²) in [5, 5.41) is 17.6. The molecule has 0 bridgehead atoms. The van der Waals surface area contributed by atoms with Crippen molar-refractivity contribution in [1.29, 1.82) is 5.41 Å².